The molecule has 2 radical (unpaired) electrons. The Balaban J connectivity index is 1.05. The van der Waals surface area contributed by atoms with Crippen LogP contribution in [0.2, 0.25) is 0 Å². The van der Waals surface area contributed by atoms with Crippen LogP contribution < -0.4 is 10.8 Å². The van der Waals surface area contributed by atoms with E-state index < -0.39 is 23.4 Å². The highest BCUT2D eigenvalue weighted by Gasteiger charge is 2.37. The number of carbonyl (C=O) groups is 3. The van der Waals surface area contributed by atoms with E-state index in [4.69, 9.17) is 12.6 Å². The first-order valence-electron chi connectivity index (χ1n) is 17.9. The summed E-state index contributed by atoms with van der Waals surface area (Å²) in [4.78, 5) is 46.0. The lowest BCUT2D eigenvalue weighted by molar-refractivity contribution is -0.142. The number of phenols is 1. The summed E-state index contributed by atoms with van der Waals surface area (Å²) in [6.45, 7) is 4.23. The minimum absolute atomic E-state index is 0.00516. The van der Waals surface area contributed by atoms with Gasteiger partial charge in [0.2, 0.25) is 0 Å². The van der Waals surface area contributed by atoms with Crippen molar-refractivity contribution < 1.29 is 28.4 Å². The number of anilines is 1. The quantitative estimate of drug-likeness (QED) is 0.408. The summed E-state index contributed by atoms with van der Waals surface area (Å²) in [5.41, 5.74) is 2.84. The number of hydrogen-bond acceptors (Lipinski definition) is 6. The second-order valence-electron chi connectivity index (χ2n) is 14.2. The predicted molar refractivity (Wildman–Crippen MR) is 193 cm³/mol. The Kier molecular flexibility index (Phi) is 11.7. The topological polar surface area (TPSA) is 126 Å². The van der Waals surface area contributed by atoms with Gasteiger partial charge in [0, 0.05) is 78.1 Å². The summed E-state index contributed by atoms with van der Waals surface area (Å²) in [7, 11) is 9.62. The Morgan fingerprint density at radius 1 is 0.940 bits per heavy atom. The predicted octanol–water partition coefficient (Wildman–Crippen LogP) is 2.88. The number of nitrogens with zero attached hydrogens (tertiary/aromatic N) is 5. The van der Waals surface area contributed by atoms with E-state index in [1.54, 1.807) is 21.3 Å². The number of ether oxygens (including phenoxy) is 1. The summed E-state index contributed by atoms with van der Waals surface area (Å²) in [6.07, 6.45) is 4.29. The zero-order valence-corrected chi connectivity index (χ0v) is 30.0. The van der Waals surface area contributed by atoms with E-state index >= 15 is 0 Å². The number of nitrogens with one attached hydrogen (secondary N) is 1. The number of amides is 4. The van der Waals surface area contributed by atoms with Crippen molar-refractivity contribution in [2.75, 3.05) is 65.2 Å². The molecule has 1 unspecified atom stereocenters. The average molecular weight is 705 g/mol. The van der Waals surface area contributed by atoms with Crippen molar-refractivity contribution in [2.45, 2.75) is 63.5 Å². The van der Waals surface area contributed by atoms with Gasteiger partial charge < -0.3 is 29.9 Å². The van der Waals surface area contributed by atoms with E-state index in [2.05, 4.69) is 5.32 Å². The number of benzene rings is 2. The number of aromatic hydroxyl groups is 1. The monoisotopic (exact) mass is 704 g/mol. The Hall–Kier alpha value is -3.62. The van der Waals surface area contributed by atoms with Gasteiger partial charge in [-0.25, -0.2) is 22.4 Å². The second-order valence-corrected chi connectivity index (χ2v) is 15.9. The lowest BCUT2D eigenvalue weighted by atomic mass is 9.79. The highest BCUT2D eigenvalue weighted by atomic mass is 32.2. The van der Waals surface area contributed by atoms with E-state index in [9.17, 15) is 23.7 Å². The summed E-state index contributed by atoms with van der Waals surface area (Å²) in [5.74, 6) is 0.762. The molecule has 12 nitrogen and oxygen atoms in total. The fraction of sp³-hybridized carbons (Fsp3) is 0.583. The molecule has 3 fully saturated rings. The number of fused-ring (bicyclic) bond motifs is 1. The summed E-state index contributed by atoms with van der Waals surface area (Å²) in [6, 6.07) is 12.5. The van der Waals surface area contributed by atoms with Gasteiger partial charge in [0.25, 0.3) is 5.91 Å². The fourth-order valence-corrected chi connectivity index (χ4v) is 8.93. The molecule has 2 aromatic carbocycles. The van der Waals surface area contributed by atoms with Crippen LogP contribution in [0.5, 0.6) is 5.75 Å². The van der Waals surface area contributed by atoms with Crippen molar-refractivity contribution in [1.29, 1.82) is 0 Å². The van der Waals surface area contributed by atoms with Crippen LogP contribution in [-0.2, 0) is 33.5 Å². The van der Waals surface area contributed by atoms with Crippen LogP contribution in [0.4, 0.5) is 15.3 Å². The van der Waals surface area contributed by atoms with E-state index in [1.165, 1.54) is 6.07 Å². The number of para-hydroxylation sites is 1. The molecule has 2 atom stereocenters. The first-order chi connectivity index (χ1) is 24.1. The van der Waals surface area contributed by atoms with Gasteiger partial charge in [-0.15, -0.1) is 0 Å². The number of piperidine rings is 3. The van der Waals surface area contributed by atoms with Crippen molar-refractivity contribution >= 4 is 48.2 Å². The zero-order valence-electron chi connectivity index (χ0n) is 29.2. The van der Waals surface area contributed by atoms with E-state index in [-0.39, 0.29) is 35.6 Å². The van der Waals surface area contributed by atoms with E-state index in [0.29, 0.717) is 63.0 Å². The number of rotatable bonds is 8. The Morgan fingerprint density at radius 3 is 2.24 bits per heavy atom. The highest BCUT2D eigenvalue weighted by molar-refractivity contribution is 7.80. The molecule has 0 bridgehead atoms. The molecular formula is C36H49BN6O6S. The number of hydrogen-bond donors (Lipinski definition) is 2. The van der Waals surface area contributed by atoms with E-state index in [1.807, 2.05) is 52.5 Å². The van der Waals surface area contributed by atoms with Crippen LogP contribution in [0, 0.1) is 11.8 Å². The molecule has 0 spiro atoms. The maximum Gasteiger partial charge on any atom is 0.410 e. The molecular weight excluding hydrogens is 655 g/mol. The average Bonchev–Trinajstić information content (AvgIpc) is 3.30. The fourth-order valence-electron chi connectivity index (χ4n) is 7.95. The summed E-state index contributed by atoms with van der Waals surface area (Å²) in [5, 5.41) is 13.0. The Labute approximate surface area is 299 Å². The lowest BCUT2D eigenvalue weighted by Crippen LogP contribution is -2.52. The molecule has 4 amide bonds. The highest BCUT2D eigenvalue weighted by Crippen LogP contribution is 2.33. The maximum absolute atomic E-state index is 14.0. The lowest BCUT2D eigenvalue weighted by Gasteiger charge is -2.41. The molecule has 0 aliphatic carbocycles. The van der Waals surface area contributed by atoms with Gasteiger partial charge in [-0.05, 0) is 80.0 Å². The van der Waals surface area contributed by atoms with Crippen molar-refractivity contribution in [3.63, 3.8) is 0 Å². The minimum atomic E-state index is -1.11. The van der Waals surface area contributed by atoms with Gasteiger partial charge in [-0.2, -0.15) is 0 Å². The molecule has 4 aliphatic rings. The molecule has 0 aromatic heterocycles. The smallest absolute Gasteiger partial charge is 0.410 e. The second kappa shape index (κ2) is 16.2. The Morgan fingerprint density at radius 2 is 1.58 bits per heavy atom. The van der Waals surface area contributed by atoms with Gasteiger partial charge in [0.05, 0.1) is 0 Å². The van der Waals surface area contributed by atoms with Crippen LogP contribution in [0.15, 0.2) is 42.5 Å². The van der Waals surface area contributed by atoms with Gasteiger partial charge in [0.15, 0.2) is 17.3 Å². The van der Waals surface area contributed by atoms with Crippen LogP contribution >= 0.6 is 0 Å². The molecule has 4 aliphatic heterocycles. The molecule has 3 saturated heterocycles. The largest absolute Gasteiger partial charge is 0.509 e. The van der Waals surface area contributed by atoms with Gasteiger partial charge >= 0.3 is 12.1 Å². The summed E-state index contributed by atoms with van der Waals surface area (Å²) < 4.78 is 22.2. The van der Waals surface area contributed by atoms with Crippen LogP contribution in [0.25, 0.3) is 0 Å². The van der Waals surface area contributed by atoms with Crippen LogP contribution in [-0.4, -0.2) is 131 Å². The number of phenolic OH excluding ortho intramolecular Hbond substituents is 1. The maximum atomic E-state index is 14.0. The molecule has 0 saturated carbocycles. The zero-order chi connectivity index (χ0) is 35.4. The van der Waals surface area contributed by atoms with Gasteiger partial charge in [-0.1, -0.05) is 35.8 Å². The Bertz CT molecular complexity index is 1560. The molecule has 268 valence electrons. The van der Waals surface area contributed by atoms with Crippen molar-refractivity contribution in [1.82, 2.24) is 23.3 Å². The molecule has 6 rings (SSSR count). The normalized spacial score (nSPS) is 21.3. The molecule has 2 aromatic rings. The molecule has 50 heavy (non-hydrogen) atoms. The summed E-state index contributed by atoms with van der Waals surface area (Å²) >= 11 is -1.11. The van der Waals surface area contributed by atoms with Crippen molar-refractivity contribution in [3.05, 3.63) is 53.6 Å². The standard InChI is InChI=1S/C36H49BN6O6S/c1-39(2)50(48)42-20-11-27(12-21-42)26-9-16-40(17-10-26)34(45)33(24-25-7-8-32(44)30(37)23-25)49-36(47)41-18-14-29(15-19-41)43-22-13-28-5-3-4-6-31(28)38-35(43)46/h3-8,23,26-27,29,33,44H,9-22,24H2,1-2H3,(H,38,46)/t33-,50?/m1/s1. The van der Waals surface area contributed by atoms with E-state index in [0.717, 1.165) is 56.4 Å². The minimum Gasteiger partial charge on any atom is -0.509 e. The van der Waals surface area contributed by atoms with Crippen molar-refractivity contribution in [2.24, 2.45) is 11.8 Å². The first kappa shape index (κ1) is 36.2. The van der Waals surface area contributed by atoms with Crippen LogP contribution in [0.1, 0.15) is 49.7 Å². The van der Waals surface area contributed by atoms with Gasteiger partial charge in [0.1, 0.15) is 13.6 Å². The third kappa shape index (κ3) is 8.46. The third-order valence-corrected chi connectivity index (χ3v) is 12.3. The third-order valence-electron chi connectivity index (χ3n) is 10.9. The number of likely N-dealkylation sites (tertiary alicyclic amines) is 2. The SMILES string of the molecule is [B]c1cc(C[C@@H](OC(=O)N2CCC(N3CCc4ccccc4NC3=O)CC2)C(=O)N2CCC(C3CCN(S(=O)N(C)C)CC3)CC2)ccc1O. The van der Waals surface area contributed by atoms with Crippen LogP contribution in [0.3, 0.4) is 0 Å². The molecule has 4 heterocycles. The molecule has 14 heteroatoms. The van der Waals surface area contributed by atoms with Gasteiger partial charge in [-0.3, -0.25) is 4.79 Å². The van der Waals surface area contributed by atoms with Crippen molar-refractivity contribution in [3.8, 4) is 5.75 Å². The molecule has 2 N–H and O–H groups in total. The first-order valence-corrected chi connectivity index (χ1v) is 18.9. The number of urea groups is 1. The number of carbonyl (C=O) groups excluding carboxylic acids is 3.